The molecule has 2 heterocycles. The first-order valence-corrected chi connectivity index (χ1v) is 10.6. The minimum Gasteiger partial charge on any atom is -0.339 e. The minimum absolute atomic E-state index is 0.113. The third-order valence-corrected chi connectivity index (χ3v) is 5.64. The molecule has 5 heteroatoms. The van der Waals surface area contributed by atoms with Crippen LogP contribution in [0, 0.1) is 19.8 Å². The van der Waals surface area contributed by atoms with Gasteiger partial charge in [-0.2, -0.15) is 0 Å². The zero-order valence-electron chi connectivity index (χ0n) is 17.6. The number of benzene rings is 2. The van der Waals surface area contributed by atoms with Crippen molar-refractivity contribution in [3.63, 3.8) is 0 Å². The fourth-order valence-electron chi connectivity index (χ4n) is 4.08. The van der Waals surface area contributed by atoms with E-state index in [1.54, 1.807) is 0 Å². The highest BCUT2D eigenvalue weighted by Gasteiger charge is 2.23. The van der Waals surface area contributed by atoms with E-state index in [0.29, 0.717) is 11.9 Å². The second-order valence-electron chi connectivity index (χ2n) is 8.10. The summed E-state index contributed by atoms with van der Waals surface area (Å²) in [7, 11) is 0. The number of carbonyl (C=O) groups is 1. The summed E-state index contributed by atoms with van der Waals surface area (Å²) in [4.78, 5) is 23.7. The zero-order chi connectivity index (χ0) is 20.9. The number of aromatic nitrogens is 2. The van der Waals surface area contributed by atoms with Gasteiger partial charge in [0.15, 0.2) is 0 Å². The van der Waals surface area contributed by atoms with Gasteiger partial charge in [0.05, 0.1) is 0 Å². The highest BCUT2D eigenvalue weighted by Crippen LogP contribution is 2.23. The zero-order valence-corrected chi connectivity index (χ0v) is 17.6. The molecule has 1 aliphatic rings. The fourth-order valence-corrected chi connectivity index (χ4v) is 4.08. The van der Waals surface area contributed by atoms with E-state index in [1.165, 1.54) is 5.56 Å². The Hall–Kier alpha value is -3.21. The summed E-state index contributed by atoms with van der Waals surface area (Å²) < 4.78 is 0. The number of rotatable bonds is 5. The van der Waals surface area contributed by atoms with Crippen molar-refractivity contribution in [1.82, 2.24) is 14.9 Å². The number of piperidine rings is 1. The third-order valence-electron chi connectivity index (χ3n) is 5.64. The van der Waals surface area contributed by atoms with Crippen LogP contribution in [0.2, 0.25) is 0 Å². The van der Waals surface area contributed by atoms with Crippen molar-refractivity contribution < 1.29 is 4.79 Å². The lowest BCUT2D eigenvalue weighted by molar-refractivity contribution is 0.0690. The Balaban J connectivity index is 1.33. The number of anilines is 2. The summed E-state index contributed by atoms with van der Waals surface area (Å²) in [6, 6.07) is 20.2. The van der Waals surface area contributed by atoms with Crippen molar-refractivity contribution in [3.8, 4) is 0 Å². The fraction of sp³-hybridized carbons (Fsp3) is 0.320. The monoisotopic (exact) mass is 400 g/mol. The topological polar surface area (TPSA) is 58.1 Å². The molecule has 1 N–H and O–H groups in total. The van der Waals surface area contributed by atoms with Gasteiger partial charge in [-0.15, -0.1) is 0 Å². The van der Waals surface area contributed by atoms with Gasteiger partial charge in [-0.25, -0.2) is 9.97 Å². The van der Waals surface area contributed by atoms with Crippen molar-refractivity contribution in [2.75, 3.05) is 18.4 Å². The summed E-state index contributed by atoms with van der Waals surface area (Å²) in [5.74, 6) is 1.34. The van der Waals surface area contributed by atoms with E-state index in [2.05, 4.69) is 45.6 Å². The van der Waals surface area contributed by atoms with Crippen molar-refractivity contribution >= 4 is 17.5 Å². The van der Waals surface area contributed by atoms with Crippen LogP contribution in [0.4, 0.5) is 11.6 Å². The molecule has 0 unspecified atom stereocenters. The second-order valence-corrected chi connectivity index (χ2v) is 8.10. The van der Waals surface area contributed by atoms with Crippen molar-refractivity contribution in [2.24, 2.45) is 5.92 Å². The van der Waals surface area contributed by atoms with E-state index in [1.807, 2.05) is 49.1 Å². The lowest BCUT2D eigenvalue weighted by atomic mass is 9.90. The molecule has 0 bridgehead atoms. The number of nitrogens with one attached hydrogen (secondary N) is 1. The molecule has 1 fully saturated rings. The van der Waals surface area contributed by atoms with Crippen molar-refractivity contribution in [1.29, 1.82) is 0 Å². The van der Waals surface area contributed by atoms with Crippen LogP contribution >= 0.6 is 0 Å². The molecular formula is C25H28N4O. The summed E-state index contributed by atoms with van der Waals surface area (Å²) in [6.07, 6.45) is 3.22. The number of hydrogen-bond acceptors (Lipinski definition) is 4. The molecule has 0 saturated carbocycles. The lowest BCUT2D eigenvalue weighted by Gasteiger charge is -2.32. The summed E-state index contributed by atoms with van der Waals surface area (Å²) in [5, 5.41) is 3.21. The standard InChI is InChI=1S/C25H28N4O/c1-18-16-19(2)27-25(26-18)28-23-10-8-22(9-11-23)24(30)29-14-12-21(13-15-29)17-20-6-4-3-5-7-20/h3-11,16,21H,12-15,17H2,1-2H3,(H,26,27,28). The quantitative estimate of drug-likeness (QED) is 0.660. The molecule has 1 amide bonds. The van der Waals surface area contributed by atoms with Crippen LogP contribution in [0.1, 0.15) is 40.2 Å². The molecule has 3 aromatic rings. The molecule has 0 radical (unpaired) electrons. The Kier molecular flexibility index (Phi) is 6.07. The molecule has 1 aliphatic heterocycles. The van der Waals surface area contributed by atoms with Gasteiger partial charge in [0.2, 0.25) is 5.95 Å². The molecule has 1 aromatic heterocycles. The number of carbonyl (C=O) groups excluding carboxylic acids is 1. The Labute approximate surface area is 178 Å². The average molecular weight is 401 g/mol. The first-order valence-electron chi connectivity index (χ1n) is 10.6. The van der Waals surface area contributed by atoms with Crippen LogP contribution < -0.4 is 5.32 Å². The van der Waals surface area contributed by atoms with E-state index in [4.69, 9.17) is 0 Å². The molecule has 5 nitrogen and oxygen atoms in total. The van der Waals surface area contributed by atoms with E-state index >= 15 is 0 Å². The smallest absolute Gasteiger partial charge is 0.253 e. The molecule has 30 heavy (non-hydrogen) atoms. The first kappa shape index (κ1) is 20.1. The predicted molar refractivity (Wildman–Crippen MR) is 120 cm³/mol. The van der Waals surface area contributed by atoms with Crippen LogP contribution in [-0.2, 0) is 6.42 Å². The third kappa shape index (κ3) is 5.03. The van der Waals surface area contributed by atoms with E-state index in [-0.39, 0.29) is 5.91 Å². The Morgan fingerprint density at radius 2 is 1.60 bits per heavy atom. The highest BCUT2D eigenvalue weighted by atomic mass is 16.2. The van der Waals surface area contributed by atoms with E-state index in [9.17, 15) is 4.79 Å². The Morgan fingerprint density at radius 1 is 0.967 bits per heavy atom. The molecule has 4 rings (SSSR count). The molecule has 0 spiro atoms. The predicted octanol–water partition coefficient (Wildman–Crippen LogP) is 4.93. The first-order chi connectivity index (χ1) is 14.6. The summed E-state index contributed by atoms with van der Waals surface area (Å²) >= 11 is 0. The highest BCUT2D eigenvalue weighted by molar-refractivity contribution is 5.94. The van der Waals surface area contributed by atoms with Crippen LogP contribution in [0.5, 0.6) is 0 Å². The normalized spacial score (nSPS) is 14.5. The summed E-state index contributed by atoms with van der Waals surface area (Å²) in [6.45, 7) is 5.55. The Morgan fingerprint density at radius 3 is 2.23 bits per heavy atom. The molecule has 1 saturated heterocycles. The second kappa shape index (κ2) is 9.08. The van der Waals surface area contributed by atoms with Crippen LogP contribution in [0.3, 0.4) is 0 Å². The van der Waals surface area contributed by atoms with Crippen LogP contribution in [0.15, 0.2) is 60.7 Å². The number of nitrogens with zero attached hydrogens (tertiary/aromatic N) is 3. The van der Waals surface area contributed by atoms with Crippen molar-refractivity contribution in [2.45, 2.75) is 33.1 Å². The lowest BCUT2D eigenvalue weighted by Crippen LogP contribution is -2.38. The number of aryl methyl sites for hydroxylation is 2. The molecular weight excluding hydrogens is 372 g/mol. The van der Waals surface area contributed by atoms with Crippen molar-refractivity contribution in [3.05, 3.63) is 83.2 Å². The van der Waals surface area contributed by atoms with Gasteiger partial charge >= 0.3 is 0 Å². The van der Waals surface area contributed by atoms with Gasteiger partial charge in [0, 0.05) is 35.7 Å². The van der Waals surface area contributed by atoms with Gasteiger partial charge in [0.25, 0.3) is 5.91 Å². The van der Waals surface area contributed by atoms with E-state index in [0.717, 1.165) is 55.0 Å². The Bertz CT molecular complexity index is 973. The van der Waals surface area contributed by atoms with Crippen LogP contribution in [-0.4, -0.2) is 33.9 Å². The molecule has 154 valence electrons. The maximum absolute atomic E-state index is 12.9. The molecule has 0 aliphatic carbocycles. The van der Waals surface area contributed by atoms with Gasteiger partial charge in [0.1, 0.15) is 0 Å². The number of amides is 1. The molecule has 0 atom stereocenters. The number of likely N-dealkylation sites (tertiary alicyclic amines) is 1. The van der Waals surface area contributed by atoms with Gasteiger partial charge in [-0.05, 0) is 74.9 Å². The SMILES string of the molecule is Cc1cc(C)nc(Nc2ccc(C(=O)N3CCC(Cc4ccccc4)CC3)cc2)n1. The maximum Gasteiger partial charge on any atom is 0.253 e. The van der Waals surface area contributed by atoms with Gasteiger partial charge < -0.3 is 10.2 Å². The molecule has 2 aromatic carbocycles. The van der Waals surface area contributed by atoms with Gasteiger partial charge in [-0.3, -0.25) is 4.79 Å². The largest absolute Gasteiger partial charge is 0.339 e. The summed E-state index contributed by atoms with van der Waals surface area (Å²) in [5.41, 5.74) is 4.83. The maximum atomic E-state index is 12.9. The van der Waals surface area contributed by atoms with Crippen LogP contribution in [0.25, 0.3) is 0 Å². The van der Waals surface area contributed by atoms with Gasteiger partial charge in [-0.1, -0.05) is 30.3 Å². The average Bonchev–Trinajstić information content (AvgIpc) is 2.74. The minimum atomic E-state index is 0.113. The number of hydrogen-bond donors (Lipinski definition) is 1. The van der Waals surface area contributed by atoms with E-state index < -0.39 is 0 Å².